The average molecular weight is 394 g/mol. The number of amides is 1. The molecule has 0 aromatic heterocycles. The van der Waals surface area contributed by atoms with Crippen LogP contribution in [0.2, 0.25) is 0 Å². The van der Waals surface area contributed by atoms with Crippen molar-refractivity contribution in [1.29, 1.82) is 0 Å². The molecule has 0 aliphatic carbocycles. The van der Waals surface area contributed by atoms with Gasteiger partial charge >= 0.3 is 0 Å². The van der Waals surface area contributed by atoms with E-state index in [-0.39, 0.29) is 5.82 Å². The van der Waals surface area contributed by atoms with Gasteiger partial charge in [-0.3, -0.25) is 9.10 Å². The highest BCUT2D eigenvalue weighted by atomic mass is 32.2. The summed E-state index contributed by atoms with van der Waals surface area (Å²) in [4.78, 5) is 12.7. The number of benzene rings is 2. The van der Waals surface area contributed by atoms with Gasteiger partial charge in [-0.2, -0.15) is 0 Å². The van der Waals surface area contributed by atoms with Crippen LogP contribution in [-0.4, -0.2) is 33.7 Å². The summed E-state index contributed by atoms with van der Waals surface area (Å²) in [5.41, 5.74) is 1.04. The Morgan fingerprint density at radius 2 is 1.78 bits per heavy atom. The van der Waals surface area contributed by atoms with Gasteiger partial charge < -0.3 is 10.1 Å². The monoisotopic (exact) mass is 394 g/mol. The standard InChI is InChI=1S/C19H23FN2O4S/c1-13(15-8-10-16(20)11-9-15)21-19(23)14(2)22(27(4,24)25)17-6-5-7-18(12-17)26-3/h5-14H,1-4H3,(H,21,23)/t13-,14-/m0/s1. The molecule has 0 spiro atoms. The fraction of sp³-hybridized carbons (Fsp3) is 0.316. The summed E-state index contributed by atoms with van der Waals surface area (Å²) >= 11 is 0. The van der Waals surface area contributed by atoms with Crippen LogP contribution in [-0.2, 0) is 14.8 Å². The number of nitrogens with one attached hydrogen (secondary N) is 1. The van der Waals surface area contributed by atoms with E-state index in [0.29, 0.717) is 17.0 Å². The van der Waals surface area contributed by atoms with Crippen LogP contribution < -0.4 is 14.4 Å². The molecule has 0 unspecified atom stereocenters. The van der Waals surface area contributed by atoms with Crippen molar-refractivity contribution in [3.8, 4) is 5.75 Å². The minimum absolute atomic E-state index is 0.328. The van der Waals surface area contributed by atoms with E-state index in [1.165, 1.54) is 26.2 Å². The number of sulfonamides is 1. The minimum atomic E-state index is -3.73. The van der Waals surface area contributed by atoms with E-state index in [4.69, 9.17) is 4.74 Å². The number of methoxy groups -OCH3 is 1. The number of carbonyl (C=O) groups is 1. The Kier molecular flexibility index (Phi) is 6.43. The summed E-state index contributed by atoms with van der Waals surface area (Å²) in [6, 6.07) is 10.8. The predicted molar refractivity (Wildman–Crippen MR) is 103 cm³/mol. The molecule has 146 valence electrons. The van der Waals surface area contributed by atoms with Crippen molar-refractivity contribution in [2.45, 2.75) is 25.9 Å². The molecule has 27 heavy (non-hydrogen) atoms. The van der Waals surface area contributed by atoms with Gasteiger partial charge in [-0.1, -0.05) is 18.2 Å². The summed E-state index contributed by atoms with van der Waals surface area (Å²) < 4.78 is 43.9. The molecule has 0 aliphatic heterocycles. The van der Waals surface area contributed by atoms with Gasteiger partial charge in [-0.05, 0) is 43.7 Å². The molecule has 0 saturated heterocycles. The maximum Gasteiger partial charge on any atom is 0.244 e. The lowest BCUT2D eigenvalue weighted by molar-refractivity contribution is -0.122. The SMILES string of the molecule is COc1cccc(N([C@@H](C)C(=O)N[C@@H](C)c2ccc(F)cc2)S(C)(=O)=O)c1. The van der Waals surface area contributed by atoms with E-state index in [1.54, 1.807) is 43.3 Å². The lowest BCUT2D eigenvalue weighted by Gasteiger charge is -2.29. The molecule has 1 amide bonds. The van der Waals surface area contributed by atoms with Crippen molar-refractivity contribution in [3.63, 3.8) is 0 Å². The van der Waals surface area contributed by atoms with E-state index >= 15 is 0 Å². The molecule has 0 bridgehead atoms. The van der Waals surface area contributed by atoms with Crippen molar-refractivity contribution >= 4 is 21.6 Å². The van der Waals surface area contributed by atoms with Gasteiger partial charge in [-0.25, -0.2) is 12.8 Å². The molecular formula is C19H23FN2O4S. The van der Waals surface area contributed by atoms with Crippen molar-refractivity contribution in [2.75, 3.05) is 17.7 Å². The van der Waals surface area contributed by atoms with Crippen LogP contribution in [0.4, 0.5) is 10.1 Å². The van der Waals surface area contributed by atoms with Crippen LogP contribution in [0.5, 0.6) is 5.75 Å². The number of rotatable bonds is 7. The first kappa shape index (κ1) is 20.7. The quantitative estimate of drug-likeness (QED) is 0.784. The van der Waals surface area contributed by atoms with Crippen LogP contribution in [0.3, 0.4) is 0 Å². The molecule has 6 nitrogen and oxygen atoms in total. The van der Waals surface area contributed by atoms with Crippen molar-refractivity contribution in [1.82, 2.24) is 5.32 Å². The smallest absolute Gasteiger partial charge is 0.244 e. The fourth-order valence-electron chi connectivity index (χ4n) is 2.73. The molecule has 2 rings (SSSR count). The Labute approximate surface area is 159 Å². The highest BCUT2D eigenvalue weighted by Gasteiger charge is 2.30. The zero-order valence-electron chi connectivity index (χ0n) is 15.6. The van der Waals surface area contributed by atoms with Gasteiger partial charge in [0.2, 0.25) is 15.9 Å². The van der Waals surface area contributed by atoms with E-state index in [9.17, 15) is 17.6 Å². The first-order chi connectivity index (χ1) is 12.6. The number of ether oxygens (including phenoxy) is 1. The molecule has 0 heterocycles. The van der Waals surface area contributed by atoms with E-state index in [2.05, 4.69) is 5.32 Å². The summed E-state index contributed by atoms with van der Waals surface area (Å²) in [6.45, 7) is 3.25. The molecule has 0 radical (unpaired) electrons. The Balaban J connectivity index is 2.25. The van der Waals surface area contributed by atoms with Crippen LogP contribution in [0.15, 0.2) is 48.5 Å². The van der Waals surface area contributed by atoms with Crippen LogP contribution >= 0.6 is 0 Å². The van der Waals surface area contributed by atoms with Gasteiger partial charge in [0.25, 0.3) is 0 Å². The van der Waals surface area contributed by atoms with Gasteiger partial charge in [0.05, 0.1) is 25.1 Å². The number of anilines is 1. The minimum Gasteiger partial charge on any atom is -0.497 e. The predicted octanol–water partition coefficient (Wildman–Crippen LogP) is 2.87. The summed E-state index contributed by atoms with van der Waals surface area (Å²) in [5.74, 6) is -0.361. The normalized spacial score (nSPS) is 13.5. The molecule has 2 atom stereocenters. The third-order valence-corrected chi connectivity index (χ3v) is 5.37. The molecule has 8 heteroatoms. The van der Waals surface area contributed by atoms with Crippen LogP contribution in [0.25, 0.3) is 0 Å². The van der Waals surface area contributed by atoms with E-state index in [0.717, 1.165) is 10.6 Å². The molecule has 2 aromatic carbocycles. The largest absolute Gasteiger partial charge is 0.497 e. The zero-order chi connectivity index (χ0) is 20.2. The van der Waals surface area contributed by atoms with Gasteiger partial charge in [0, 0.05) is 6.07 Å². The molecule has 0 aliphatic rings. The van der Waals surface area contributed by atoms with Gasteiger partial charge in [-0.15, -0.1) is 0 Å². The Morgan fingerprint density at radius 1 is 1.15 bits per heavy atom. The topological polar surface area (TPSA) is 75.7 Å². The van der Waals surface area contributed by atoms with Crippen molar-refractivity contribution < 1.29 is 22.3 Å². The second kappa shape index (κ2) is 8.39. The third-order valence-electron chi connectivity index (χ3n) is 4.13. The fourth-order valence-corrected chi connectivity index (χ4v) is 3.89. The highest BCUT2D eigenvalue weighted by molar-refractivity contribution is 7.92. The number of hydrogen-bond acceptors (Lipinski definition) is 4. The maximum atomic E-state index is 13.1. The van der Waals surface area contributed by atoms with Crippen molar-refractivity contribution in [3.05, 3.63) is 59.9 Å². The lowest BCUT2D eigenvalue weighted by Crippen LogP contribution is -2.48. The number of nitrogens with zero attached hydrogens (tertiary/aromatic N) is 1. The third kappa shape index (κ3) is 5.19. The van der Waals surface area contributed by atoms with Gasteiger partial charge in [0.1, 0.15) is 17.6 Å². The molecule has 2 aromatic rings. The number of carbonyl (C=O) groups excluding carboxylic acids is 1. The van der Waals surface area contributed by atoms with Crippen LogP contribution in [0.1, 0.15) is 25.5 Å². The maximum absolute atomic E-state index is 13.1. The van der Waals surface area contributed by atoms with E-state index in [1.807, 2.05) is 0 Å². The Hall–Kier alpha value is -2.61. The molecule has 0 saturated carbocycles. The Bertz CT molecular complexity index is 900. The van der Waals surface area contributed by atoms with Gasteiger partial charge in [0.15, 0.2) is 0 Å². The molecule has 0 fully saturated rings. The lowest BCUT2D eigenvalue weighted by atomic mass is 10.1. The summed E-state index contributed by atoms with van der Waals surface area (Å²) in [7, 11) is -2.25. The molecule has 1 N–H and O–H groups in total. The second-order valence-electron chi connectivity index (χ2n) is 6.22. The number of halogens is 1. The van der Waals surface area contributed by atoms with Crippen molar-refractivity contribution in [2.24, 2.45) is 0 Å². The highest BCUT2D eigenvalue weighted by Crippen LogP contribution is 2.25. The first-order valence-corrected chi connectivity index (χ1v) is 10.2. The zero-order valence-corrected chi connectivity index (χ0v) is 16.5. The number of hydrogen-bond donors (Lipinski definition) is 1. The first-order valence-electron chi connectivity index (χ1n) is 8.32. The van der Waals surface area contributed by atoms with E-state index < -0.39 is 28.0 Å². The second-order valence-corrected chi connectivity index (χ2v) is 8.08. The molecular weight excluding hydrogens is 371 g/mol. The van der Waals surface area contributed by atoms with Crippen LogP contribution in [0, 0.1) is 5.82 Å². The Morgan fingerprint density at radius 3 is 2.33 bits per heavy atom. The summed E-state index contributed by atoms with van der Waals surface area (Å²) in [6.07, 6.45) is 1.04. The summed E-state index contributed by atoms with van der Waals surface area (Å²) in [5, 5.41) is 2.77. The average Bonchev–Trinajstić information content (AvgIpc) is 2.61.